The Morgan fingerprint density at radius 1 is 1.03 bits per heavy atom. The van der Waals surface area contributed by atoms with Gasteiger partial charge in [0.15, 0.2) is 0 Å². The van der Waals surface area contributed by atoms with E-state index in [4.69, 9.17) is 4.99 Å². The molecule has 1 unspecified atom stereocenters. The molecule has 0 saturated heterocycles. The molecule has 3 heterocycles. The van der Waals surface area contributed by atoms with E-state index >= 15 is 0 Å². The van der Waals surface area contributed by atoms with E-state index in [1.165, 1.54) is 16.7 Å². The Morgan fingerprint density at radius 3 is 2.50 bits per heavy atom. The molecule has 0 spiro atoms. The first-order chi connectivity index (χ1) is 15.4. The maximum absolute atomic E-state index is 4.90. The van der Waals surface area contributed by atoms with E-state index in [0.29, 0.717) is 0 Å². The Bertz CT molecular complexity index is 1300. The second-order valence-electron chi connectivity index (χ2n) is 8.65. The standard InChI is InChI=1S/C27H27N5/c1-17-6-8-22(9-7-17)20(4)32-21(5)24-13-25(30-26(24)14-29-32)23-10-11-27(18(2)12-23)31-15-19(3)28-16-31/h6-12,14-16,20H,5,13H2,1-4H3. The first-order valence-electron chi connectivity index (χ1n) is 10.9. The van der Waals surface area contributed by atoms with Crippen LogP contribution in [0, 0.1) is 20.8 Å². The summed E-state index contributed by atoms with van der Waals surface area (Å²) in [6, 6.07) is 15.2. The minimum Gasteiger partial charge on any atom is -0.306 e. The van der Waals surface area contributed by atoms with Gasteiger partial charge in [0.25, 0.3) is 0 Å². The zero-order chi connectivity index (χ0) is 22.4. The van der Waals surface area contributed by atoms with E-state index in [1.54, 1.807) is 0 Å². The van der Waals surface area contributed by atoms with Crippen molar-refractivity contribution in [1.29, 1.82) is 0 Å². The van der Waals surface area contributed by atoms with Crippen molar-refractivity contribution in [3.05, 3.63) is 106 Å². The summed E-state index contributed by atoms with van der Waals surface area (Å²) in [5.74, 6) is 0. The van der Waals surface area contributed by atoms with Crippen molar-refractivity contribution < 1.29 is 0 Å². The monoisotopic (exact) mass is 421 g/mol. The van der Waals surface area contributed by atoms with Gasteiger partial charge in [-0.2, -0.15) is 5.10 Å². The lowest BCUT2D eigenvalue weighted by atomic mass is 9.98. The quantitative estimate of drug-likeness (QED) is 0.533. The number of aryl methyl sites for hydroxylation is 3. The van der Waals surface area contributed by atoms with Crippen molar-refractivity contribution in [3.63, 3.8) is 0 Å². The van der Waals surface area contributed by atoms with E-state index in [0.717, 1.165) is 46.0 Å². The van der Waals surface area contributed by atoms with Crippen molar-refractivity contribution in [2.75, 3.05) is 0 Å². The highest BCUT2D eigenvalue weighted by molar-refractivity contribution is 6.08. The number of rotatable bonds is 4. The molecule has 2 aromatic carbocycles. The number of aliphatic imine (C=N–C) groups is 1. The van der Waals surface area contributed by atoms with Gasteiger partial charge in [0.05, 0.1) is 41.4 Å². The summed E-state index contributed by atoms with van der Waals surface area (Å²) in [5.41, 5.74) is 11.0. The number of hydrazone groups is 1. The smallest absolute Gasteiger partial charge is 0.0995 e. The number of allylic oxidation sites excluding steroid dienone is 2. The number of hydrogen-bond acceptors (Lipinski definition) is 4. The fourth-order valence-corrected chi connectivity index (χ4v) is 4.36. The van der Waals surface area contributed by atoms with Gasteiger partial charge in [-0.05, 0) is 56.5 Å². The van der Waals surface area contributed by atoms with Crippen LogP contribution in [0.15, 0.2) is 88.6 Å². The molecule has 0 N–H and O–H groups in total. The Morgan fingerprint density at radius 2 is 1.81 bits per heavy atom. The lowest BCUT2D eigenvalue weighted by molar-refractivity contribution is 0.290. The second kappa shape index (κ2) is 7.75. The predicted octanol–water partition coefficient (Wildman–Crippen LogP) is 5.82. The zero-order valence-electron chi connectivity index (χ0n) is 19.0. The molecular formula is C27H27N5. The van der Waals surface area contributed by atoms with Gasteiger partial charge < -0.3 is 4.57 Å². The highest BCUT2D eigenvalue weighted by Crippen LogP contribution is 2.37. The van der Waals surface area contributed by atoms with Gasteiger partial charge in [-0.1, -0.05) is 42.5 Å². The lowest BCUT2D eigenvalue weighted by Crippen LogP contribution is -2.24. The highest BCUT2D eigenvalue weighted by Gasteiger charge is 2.29. The van der Waals surface area contributed by atoms with Crippen LogP contribution < -0.4 is 0 Å². The van der Waals surface area contributed by atoms with Crippen molar-refractivity contribution in [2.45, 2.75) is 40.2 Å². The van der Waals surface area contributed by atoms with Crippen LogP contribution in [-0.2, 0) is 0 Å². The molecule has 2 aliphatic heterocycles. The summed E-state index contributed by atoms with van der Waals surface area (Å²) in [6.07, 6.45) is 6.53. The molecule has 5 rings (SSSR count). The molecule has 0 bridgehead atoms. The van der Waals surface area contributed by atoms with E-state index in [9.17, 15) is 0 Å². The van der Waals surface area contributed by atoms with E-state index in [2.05, 4.69) is 84.5 Å². The predicted molar refractivity (Wildman–Crippen MR) is 130 cm³/mol. The van der Waals surface area contributed by atoms with Crippen LogP contribution in [0.4, 0.5) is 0 Å². The minimum atomic E-state index is 0.109. The molecule has 2 aliphatic rings. The van der Waals surface area contributed by atoms with Crippen LogP contribution in [0.25, 0.3) is 5.69 Å². The number of benzene rings is 2. The molecule has 3 aromatic rings. The van der Waals surface area contributed by atoms with Crippen molar-refractivity contribution in [1.82, 2.24) is 14.6 Å². The molecule has 1 aromatic heterocycles. The Labute approximate surface area is 189 Å². The average molecular weight is 422 g/mol. The van der Waals surface area contributed by atoms with Crippen LogP contribution in [0.5, 0.6) is 0 Å². The van der Waals surface area contributed by atoms with Crippen LogP contribution in [0.3, 0.4) is 0 Å². The molecule has 1 atom stereocenters. The van der Waals surface area contributed by atoms with Gasteiger partial charge in [0, 0.05) is 23.9 Å². The normalized spacial score (nSPS) is 16.4. The molecule has 0 fully saturated rings. The van der Waals surface area contributed by atoms with Crippen molar-refractivity contribution >= 4 is 11.9 Å². The Hall–Kier alpha value is -3.73. The molecule has 32 heavy (non-hydrogen) atoms. The molecule has 5 heteroatoms. The van der Waals surface area contributed by atoms with E-state index in [-0.39, 0.29) is 6.04 Å². The lowest BCUT2D eigenvalue weighted by Gasteiger charge is -2.31. The zero-order valence-corrected chi connectivity index (χ0v) is 19.0. The third kappa shape index (κ3) is 3.50. The second-order valence-corrected chi connectivity index (χ2v) is 8.65. The molecule has 0 saturated carbocycles. The minimum absolute atomic E-state index is 0.109. The fourth-order valence-electron chi connectivity index (χ4n) is 4.36. The van der Waals surface area contributed by atoms with Crippen LogP contribution in [0.1, 0.15) is 47.3 Å². The molecule has 5 nitrogen and oxygen atoms in total. The first-order valence-corrected chi connectivity index (χ1v) is 10.9. The van der Waals surface area contributed by atoms with Crippen molar-refractivity contribution in [2.24, 2.45) is 10.1 Å². The van der Waals surface area contributed by atoms with Crippen LogP contribution >= 0.6 is 0 Å². The first kappa shape index (κ1) is 20.2. The molecule has 160 valence electrons. The number of hydrogen-bond donors (Lipinski definition) is 0. The molecular weight excluding hydrogens is 394 g/mol. The summed E-state index contributed by atoms with van der Waals surface area (Å²) >= 11 is 0. The van der Waals surface area contributed by atoms with Gasteiger partial charge in [-0.3, -0.25) is 10.0 Å². The van der Waals surface area contributed by atoms with Gasteiger partial charge >= 0.3 is 0 Å². The highest BCUT2D eigenvalue weighted by atomic mass is 15.5. The molecule has 0 aliphatic carbocycles. The van der Waals surface area contributed by atoms with Gasteiger partial charge in [-0.25, -0.2) is 4.98 Å². The average Bonchev–Trinajstić information content (AvgIpc) is 3.41. The SMILES string of the molecule is C=C1C2=C(C=NN1C(C)c1ccc(C)cc1)N=C(c1ccc(-n3cnc(C)c3)c(C)c1)C2. The number of imidazole rings is 1. The summed E-state index contributed by atoms with van der Waals surface area (Å²) in [4.78, 5) is 9.24. The summed E-state index contributed by atoms with van der Waals surface area (Å²) < 4.78 is 2.06. The van der Waals surface area contributed by atoms with E-state index < -0.39 is 0 Å². The fraction of sp³-hybridized carbons (Fsp3) is 0.222. The Kier molecular flexibility index (Phi) is 4.89. The number of aromatic nitrogens is 2. The number of nitrogens with zero attached hydrogens (tertiary/aromatic N) is 5. The van der Waals surface area contributed by atoms with Crippen molar-refractivity contribution in [3.8, 4) is 5.69 Å². The van der Waals surface area contributed by atoms with Crippen LogP contribution in [0.2, 0.25) is 0 Å². The summed E-state index contributed by atoms with van der Waals surface area (Å²) in [6.45, 7) is 12.8. The van der Waals surface area contributed by atoms with Gasteiger partial charge in [-0.15, -0.1) is 0 Å². The largest absolute Gasteiger partial charge is 0.306 e. The summed E-state index contributed by atoms with van der Waals surface area (Å²) in [5, 5.41) is 6.70. The third-order valence-corrected chi connectivity index (χ3v) is 6.28. The third-order valence-electron chi connectivity index (χ3n) is 6.28. The van der Waals surface area contributed by atoms with Gasteiger partial charge in [0.1, 0.15) is 0 Å². The van der Waals surface area contributed by atoms with Crippen LogP contribution in [-0.4, -0.2) is 26.5 Å². The maximum Gasteiger partial charge on any atom is 0.0995 e. The topological polar surface area (TPSA) is 45.8 Å². The maximum atomic E-state index is 4.90. The Balaban J connectivity index is 1.35. The molecule has 0 radical (unpaired) electrons. The molecule has 0 amide bonds. The van der Waals surface area contributed by atoms with E-state index in [1.807, 2.05) is 30.7 Å². The van der Waals surface area contributed by atoms with Gasteiger partial charge in [0.2, 0.25) is 0 Å². The summed E-state index contributed by atoms with van der Waals surface area (Å²) in [7, 11) is 0.